The Morgan fingerprint density at radius 3 is 2.63 bits per heavy atom. The first-order valence-electron chi connectivity index (χ1n) is 8.93. The molecule has 0 unspecified atom stereocenters. The van der Waals surface area contributed by atoms with E-state index in [9.17, 15) is 14.4 Å². The van der Waals surface area contributed by atoms with Crippen molar-refractivity contribution in [3.8, 4) is 0 Å². The number of hydrogen-bond donors (Lipinski definition) is 1. The number of thioether (sulfide) groups is 1. The SMILES string of the molecule is CCCCCn1c(SCC(=O)c2ccccc2)nc2c1c(=O)[nH]c(=O)n2C. The number of hydrogen-bond acceptors (Lipinski definition) is 5. The van der Waals surface area contributed by atoms with Crippen LogP contribution in [0, 0.1) is 0 Å². The maximum atomic E-state index is 12.4. The summed E-state index contributed by atoms with van der Waals surface area (Å²) in [5.74, 6) is 0.211. The molecule has 0 spiro atoms. The number of aromatic nitrogens is 4. The lowest BCUT2D eigenvalue weighted by molar-refractivity contribution is 0.102. The lowest BCUT2D eigenvalue weighted by atomic mass is 10.2. The Bertz CT molecular complexity index is 1070. The first-order chi connectivity index (χ1) is 13.0. The van der Waals surface area contributed by atoms with E-state index in [0.717, 1.165) is 19.3 Å². The Hall–Kier alpha value is -2.61. The summed E-state index contributed by atoms with van der Waals surface area (Å²) in [5, 5.41) is 0.581. The number of ketones is 1. The molecule has 1 N–H and O–H groups in total. The second-order valence-corrected chi connectivity index (χ2v) is 7.26. The van der Waals surface area contributed by atoms with Gasteiger partial charge in [0.15, 0.2) is 22.1 Å². The average Bonchev–Trinajstić information content (AvgIpc) is 3.04. The number of carbonyl (C=O) groups excluding carboxylic acids is 1. The van der Waals surface area contributed by atoms with E-state index < -0.39 is 11.2 Å². The summed E-state index contributed by atoms with van der Waals surface area (Å²) in [6.07, 6.45) is 2.97. The van der Waals surface area contributed by atoms with Gasteiger partial charge in [-0.15, -0.1) is 0 Å². The van der Waals surface area contributed by atoms with Crippen LogP contribution in [0.15, 0.2) is 45.1 Å². The number of nitrogens with zero attached hydrogens (tertiary/aromatic N) is 3. The minimum atomic E-state index is -0.498. The van der Waals surface area contributed by atoms with Gasteiger partial charge in [-0.25, -0.2) is 9.78 Å². The third-order valence-corrected chi connectivity index (χ3v) is 5.36. The van der Waals surface area contributed by atoms with Crippen molar-refractivity contribution in [1.29, 1.82) is 0 Å². The summed E-state index contributed by atoms with van der Waals surface area (Å²) in [7, 11) is 1.58. The highest BCUT2D eigenvalue weighted by atomic mass is 32.2. The van der Waals surface area contributed by atoms with Gasteiger partial charge in [0, 0.05) is 19.2 Å². The minimum absolute atomic E-state index is 0.00411. The van der Waals surface area contributed by atoms with Crippen molar-refractivity contribution in [3.05, 3.63) is 56.7 Å². The van der Waals surface area contributed by atoms with Crippen LogP contribution in [0.1, 0.15) is 36.5 Å². The van der Waals surface area contributed by atoms with E-state index in [1.54, 1.807) is 19.2 Å². The Labute approximate surface area is 160 Å². The quantitative estimate of drug-likeness (QED) is 0.365. The number of benzene rings is 1. The molecule has 0 bridgehead atoms. The van der Waals surface area contributed by atoms with Crippen molar-refractivity contribution in [2.24, 2.45) is 7.05 Å². The second-order valence-electron chi connectivity index (χ2n) is 6.32. The topological polar surface area (TPSA) is 89.8 Å². The number of nitrogens with one attached hydrogen (secondary N) is 1. The molecule has 0 amide bonds. The zero-order chi connectivity index (χ0) is 19.4. The molecule has 0 atom stereocenters. The smallest absolute Gasteiger partial charge is 0.313 e. The lowest BCUT2D eigenvalue weighted by Crippen LogP contribution is -2.29. The summed E-state index contributed by atoms with van der Waals surface area (Å²) in [6.45, 7) is 2.73. The maximum absolute atomic E-state index is 12.4. The zero-order valence-corrected chi connectivity index (χ0v) is 16.2. The number of unbranched alkanes of at least 4 members (excludes halogenated alkanes) is 2. The molecule has 142 valence electrons. The number of carbonyl (C=O) groups is 1. The Morgan fingerprint density at radius 1 is 1.19 bits per heavy atom. The van der Waals surface area contributed by atoms with Crippen molar-refractivity contribution in [2.75, 3.05) is 5.75 Å². The van der Waals surface area contributed by atoms with Crippen LogP contribution < -0.4 is 11.2 Å². The van der Waals surface area contributed by atoms with Crippen LogP contribution in [0.3, 0.4) is 0 Å². The van der Waals surface area contributed by atoms with Gasteiger partial charge >= 0.3 is 5.69 Å². The van der Waals surface area contributed by atoms with E-state index in [-0.39, 0.29) is 11.5 Å². The van der Waals surface area contributed by atoms with E-state index in [4.69, 9.17) is 0 Å². The number of aromatic amines is 1. The molecule has 8 heteroatoms. The van der Waals surface area contributed by atoms with Crippen molar-refractivity contribution in [3.63, 3.8) is 0 Å². The average molecular weight is 386 g/mol. The molecular weight excluding hydrogens is 364 g/mol. The van der Waals surface area contributed by atoms with Gasteiger partial charge in [-0.1, -0.05) is 61.9 Å². The van der Waals surface area contributed by atoms with Crippen molar-refractivity contribution < 1.29 is 4.79 Å². The third kappa shape index (κ3) is 4.05. The highest BCUT2D eigenvalue weighted by Crippen LogP contribution is 2.23. The van der Waals surface area contributed by atoms with Crippen molar-refractivity contribution in [1.82, 2.24) is 19.1 Å². The zero-order valence-electron chi connectivity index (χ0n) is 15.4. The molecule has 0 radical (unpaired) electrons. The van der Waals surface area contributed by atoms with Crippen LogP contribution >= 0.6 is 11.8 Å². The standard InChI is InChI=1S/C19H22N4O3S/c1-3-4-8-11-23-15-16(22(2)18(26)21-17(15)25)20-19(23)27-12-14(24)13-9-6-5-7-10-13/h5-7,9-10H,3-4,8,11-12H2,1-2H3,(H,21,25,26). The summed E-state index contributed by atoms with van der Waals surface area (Å²) in [5.41, 5.74) is 0.419. The number of H-pyrrole nitrogens is 1. The normalized spacial score (nSPS) is 11.2. The third-order valence-electron chi connectivity index (χ3n) is 4.39. The molecule has 3 rings (SSSR count). The molecule has 27 heavy (non-hydrogen) atoms. The molecule has 0 aliphatic carbocycles. The summed E-state index contributed by atoms with van der Waals surface area (Å²) < 4.78 is 3.16. The molecule has 2 heterocycles. The van der Waals surface area contributed by atoms with Gasteiger partial charge < -0.3 is 4.57 Å². The fourth-order valence-corrected chi connectivity index (χ4v) is 3.81. The Kier molecular flexibility index (Phi) is 5.95. The van der Waals surface area contributed by atoms with Gasteiger partial charge in [0.05, 0.1) is 5.75 Å². The van der Waals surface area contributed by atoms with Gasteiger partial charge in [0.1, 0.15) is 0 Å². The van der Waals surface area contributed by atoms with Crippen LogP contribution in [-0.4, -0.2) is 30.6 Å². The van der Waals surface area contributed by atoms with E-state index in [1.165, 1.54) is 16.3 Å². The molecule has 2 aromatic heterocycles. The first kappa shape index (κ1) is 19.2. The van der Waals surface area contributed by atoms with Gasteiger partial charge in [-0.3, -0.25) is 19.1 Å². The molecule has 0 saturated carbocycles. The van der Waals surface area contributed by atoms with Gasteiger partial charge in [0.25, 0.3) is 5.56 Å². The highest BCUT2D eigenvalue weighted by molar-refractivity contribution is 7.99. The first-order valence-corrected chi connectivity index (χ1v) is 9.92. The molecule has 1 aromatic carbocycles. The number of aryl methyl sites for hydroxylation is 2. The van der Waals surface area contributed by atoms with Crippen LogP contribution in [-0.2, 0) is 13.6 Å². The van der Waals surface area contributed by atoms with Crippen molar-refractivity contribution >= 4 is 28.7 Å². The molecule has 0 fully saturated rings. The van der Waals surface area contributed by atoms with E-state index in [0.29, 0.717) is 28.4 Å². The number of rotatable bonds is 8. The molecular formula is C19H22N4O3S. The summed E-state index contributed by atoms with van der Waals surface area (Å²) in [6, 6.07) is 9.08. The molecule has 0 saturated heterocycles. The second kappa shape index (κ2) is 8.39. The number of fused-ring (bicyclic) bond motifs is 1. The van der Waals surface area contributed by atoms with Crippen molar-refractivity contribution in [2.45, 2.75) is 37.9 Å². The molecule has 0 aliphatic heterocycles. The summed E-state index contributed by atoms with van der Waals surface area (Å²) in [4.78, 5) is 43.5. The summed E-state index contributed by atoms with van der Waals surface area (Å²) >= 11 is 1.29. The Balaban J connectivity index is 1.95. The van der Waals surface area contributed by atoms with E-state index >= 15 is 0 Å². The Morgan fingerprint density at radius 2 is 1.93 bits per heavy atom. The molecule has 0 aliphatic rings. The molecule has 7 nitrogen and oxygen atoms in total. The largest absolute Gasteiger partial charge is 0.329 e. The fraction of sp³-hybridized carbons (Fsp3) is 0.368. The number of Topliss-reactive ketones (excluding diaryl/α,β-unsaturated/α-hetero) is 1. The fourth-order valence-electron chi connectivity index (χ4n) is 2.89. The van der Waals surface area contributed by atoms with Crippen LogP contribution in [0.2, 0.25) is 0 Å². The lowest BCUT2D eigenvalue weighted by Gasteiger charge is -2.08. The van der Waals surface area contributed by atoms with E-state index in [2.05, 4.69) is 16.9 Å². The maximum Gasteiger partial charge on any atom is 0.329 e. The van der Waals surface area contributed by atoms with E-state index in [1.807, 2.05) is 22.8 Å². The monoisotopic (exact) mass is 386 g/mol. The van der Waals surface area contributed by atoms with Crippen LogP contribution in [0.25, 0.3) is 11.2 Å². The van der Waals surface area contributed by atoms with Gasteiger partial charge in [-0.2, -0.15) is 0 Å². The minimum Gasteiger partial charge on any atom is -0.313 e. The molecule has 3 aromatic rings. The predicted octanol–water partition coefficient (Wildman–Crippen LogP) is 2.59. The number of imidazole rings is 1. The van der Waals surface area contributed by atoms with Gasteiger partial charge in [0.2, 0.25) is 0 Å². The van der Waals surface area contributed by atoms with Crippen LogP contribution in [0.4, 0.5) is 0 Å². The van der Waals surface area contributed by atoms with Crippen LogP contribution in [0.5, 0.6) is 0 Å². The predicted molar refractivity (Wildman–Crippen MR) is 107 cm³/mol. The highest BCUT2D eigenvalue weighted by Gasteiger charge is 2.18. The van der Waals surface area contributed by atoms with Gasteiger partial charge in [-0.05, 0) is 6.42 Å².